The van der Waals surface area contributed by atoms with Crippen LogP contribution in [0.15, 0.2) is 64.2 Å². The molecule has 3 rings (SSSR count). The first kappa shape index (κ1) is 20.5. The lowest BCUT2D eigenvalue weighted by atomic mass is 10.1. The monoisotopic (exact) mass is 415 g/mol. The van der Waals surface area contributed by atoms with Crippen LogP contribution in [-0.4, -0.2) is 41.0 Å². The van der Waals surface area contributed by atoms with Gasteiger partial charge in [0.25, 0.3) is 5.22 Å². The van der Waals surface area contributed by atoms with Crippen molar-refractivity contribution in [1.82, 2.24) is 15.5 Å². The number of nitrogens with zero attached hydrogens (tertiary/aromatic N) is 2. The summed E-state index contributed by atoms with van der Waals surface area (Å²) in [6, 6.07) is 14.1. The predicted octanol–water partition coefficient (Wildman–Crippen LogP) is 2.87. The molecule has 1 heterocycles. The van der Waals surface area contributed by atoms with Gasteiger partial charge in [-0.1, -0.05) is 42.1 Å². The fourth-order valence-electron chi connectivity index (χ4n) is 2.53. The maximum absolute atomic E-state index is 13.0. The number of thioether (sulfide) groups is 1. The van der Waals surface area contributed by atoms with Gasteiger partial charge in [-0.05, 0) is 29.8 Å². The number of carbonyl (C=O) groups excluding carboxylic acids is 2. The van der Waals surface area contributed by atoms with Gasteiger partial charge in [-0.3, -0.25) is 4.79 Å². The zero-order valence-electron chi connectivity index (χ0n) is 15.5. The summed E-state index contributed by atoms with van der Waals surface area (Å²) in [5.74, 6) is -1.06. The minimum atomic E-state index is -0.798. The first-order chi connectivity index (χ1) is 14.0. The van der Waals surface area contributed by atoms with E-state index >= 15 is 0 Å². The van der Waals surface area contributed by atoms with E-state index in [0.29, 0.717) is 12.0 Å². The zero-order chi connectivity index (χ0) is 20.6. The fourth-order valence-corrected chi connectivity index (χ4v) is 3.10. The highest BCUT2D eigenvalue weighted by atomic mass is 32.2. The van der Waals surface area contributed by atoms with E-state index < -0.39 is 12.0 Å². The van der Waals surface area contributed by atoms with Crippen LogP contribution in [0.4, 0.5) is 4.39 Å². The Morgan fingerprint density at radius 1 is 1.14 bits per heavy atom. The molecule has 0 fully saturated rings. The van der Waals surface area contributed by atoms with Crippen LogP contribution in [0.1, 0.15) is 5.56 Å². The lowest BCUT2D eigenvalue weighted by molar-refractivity contribution is -0.144. The number of hydrogen-bond donors (Lipinski definition) is 1. The lowest BCUT2D eigenvalue weighted by Crippen LogP contribution is -2.43. The summed E-state index contributed by atoms with van der Waals surface area (Å²) < 4.78 is 23.3. The van der Waals surface area contributed by atoms with Crippen LogP contribution in [0.5, 0.6) is 0 Å². The number of benzene rings is 2. The molecule has 1 amide bonds. The van der Waals surface area contributed by atoms with Crippen LogP contribution in [-0.2, 0) is 20.7 Å². The first-order valence-electron chi connectivity index (χ1n) is 8.68. The Balaban J connectivity index is 1.56. The molecule has 3 aromatic rings. The van der Waals surface area contributed by atoms with Crippen LogP contribution in [0.25, 0.3) is 11.5 Å². The Morgan fingerprint density at radius 2 is 1.86 bits per heavy atom. The van der Waals surface area contributed by atoms with Gasteiger partial charge in [-0.15, -0.1) is 10.2 Å². The Bertz CT molecular complexity index is 963. The summed E-state index contributed by atoms with van der Waals surface area (Å²) in [5, 5.41) is 10.6. The number of hydrogen-bond acceptors (Lipinski definition) is 7. The molecule has 0 aliphatic heterocycles. The third kappa shape index (κ3) is 5.89. The Labute approximate surface area is 170 Å². The Kier molecular flexibility index (Phi) is 6.96. The number of halogens is 1. The SMILES string of the molecule is COC(=O)[C@H](Cc1ccccc1)NC(=O)CSc1nnc(-c2ccc(F)cc2)o1. The molecule has 0 aliphatic rings. The van der Waals surface area contributed by atoms with Crippen molar-refractivity contribution in [3.05, 3.63) is 66.0 Å². The zero-order valence-corrected chi connectivity index (χ0v) is 16.3. The molecule has 7 nitrogen and oxygen atoms in total. The van der Waals surface area contributed by atoms with Crippen molar-refractivity contribution in [3.63, 3.8) is 0 Å². The molecular weight excluding hydrogens is 397 g/mol. The molecule has 0 unspecified atom stereocenters. The molecule has 0 saturated carbocycles. The normalized spacial score (nSPS) is 11.7. The second-order valence-corrected chi connectivity index (χ2v) is 6.93. The molecule has 1 aromatic heterocycles. The van der Waals surface area contributed by atoms with E-state index in [1.807, 2.05) is 30.3 Å². The van der Waals surface area contributed by atoms with E-state index in [2.05, 4.69) is 15.5 Å². The van der Waals surface area contributed by atoms with E-state index in [9.17, 15) is 14.0 Å². The van der Waals surface area contributed by atoms with Crippen LogP contribution >= 0.6 is 11.8 Å². The van der Waals surface area contributed by atoms with Gasteiger partial charge in [-0.25, -0.2) is 9.18 Å². The van der Waals surface area contributed by atoms with Gasteiger partial charge in [0, 0.05) is 12.0 Å². The van der Waals surface area contributed by atoms with Gasteiger partial charge in [0.1, 0.15) is 11.9 Å². The highest BCUT2D eigenvalue weighted by molar-refractivity contribution is 7.99. The number of aromatic nitrogens is 2. The van der Waals surface area contributed by atoms with E-state index in [-0.39, 0.29) is 28.6 Å². The van der Waals surface area contributed by atoms with Gasteiger partial charge in [-0.2, -0.15) is 0 Å². The number of nitrogens with one attached hydrogen (secondary N) is 1. The molecule has 150 valence electrons. The molecule has 1 atom stereocenters. The summed E-state index contributed by atoms with van der Waals surface area (Å²) in [6.07, 6.45) is 0.319. The van der Waals surface area contributed by atoms with Crippen LogP contribution in [0, 0.1) is 5.82 Å². The molecule has 0 saturated heterocycles. The summed E-state index contributed by atoms with van der Waals surface area (Å²) in [6.45, 7) is 0. The number of carbonyl (C=O) groups is 2. The third-order valence-electron chi connectivity index (χ3n) is 3.93. The largest absolute Gasteiger partial charge is 0.467 e. The standard InChI is InChI=1S/C20H18FN3O4S/c1-27-19(26)16(11-13-5-3-2-4-6-13)22-17(25)12-29-20-24-23-18(28-20)14-7-9-15(21)10-8-14/h2-10,16H,11-12H2,1H3,(H,22,25)/t16-/m0/s1. The van der Waals surface area contributed by atoms with Crippen molar-refractivity contribution in [2.45, 2.75) is 17.7 Å². The molecule has 2 aromatic carbocycles. The maximum atomic E-state index is 13.0. The molecule has 29 heavy (non-hydrogen) atoms. The smallest absolute Gasteiger partial charge is 0.328 e. The Morgan fingerprint density at radius 3 is 2.55 bits per heavy atom. The fraction of sp³-hybridized carbons (Fsp3) is 0.200. The number of rotatable bonds is 8. The lowest BCUT2D eigenvalue weighted by Gasteiger charge is -2.16. The second kappa shape index (κ2) is 9.83. The topological polar surface area (TPSA) is 94.3 Å². The minimum Gasteiger partial charge on any atom is -0.467 e. The average molecular weight is 415 g/mol. The highest BCUT2D eigenvalue weighted by Gasteiger charge is 2.22. The van der Waals surface area contributed by atoms with Gasteiger partial charge in [0.05, 0.1) is 12.9 Å². The van der Waals surface area contributed by atoms with Gasteiger partial charge < -0.3 is 14.5 Å². The molecule has 0 aliphatic carbocycles. The minimum absolute atomic E-state index is 0.0205. The van der Waals surface area contributed by atoms with E-state index in [0.717, 1.165) is 17.3 Å². The molecule has 0 radical (unpaired) electrons. The molecular formula is C20H18FN3O4S. The summed E-state index contributed by atoms with van der Waals surface area (Å²) in [4.78, 5) is 24.3. The van der Waals surface area contributed by atoms with Crippen molar-refractivity contribution >= 4 is 23.6 Å². The summed E-state index contributed by atoms with van der Waals surface area (Å²) >= 11 is 1.04. The van der Waals surface area contributed by atoms with Gasteiger partial charge >= 0.3 is 5.97 Å². The van der Waals surface area contributed by atoms with Crippen molar-refractivity contribution in [3.8, 4) is 11.5 Å². The van der Waals surface area contributed by atoms with Gasteiger partial charge in [0.2, 0.25) is 11.8 Å². The first-order valence-corrected chi connectivity index (χ1v) is 9.67. The van der Waals surface area contributed by atoms with Crippen LogP contribution < -0.4 is 5.32 Å². The predicted molar refractivity (Wildman–Crippen MR) is 105 cm³/mol. The van der Waals surface area contributed by atoms with E-state index in [1.54, 1.807) is 0 Å². The van der Waals surface area contributed by atoms with Gasteiger partial charge in [0.15, 0.2) is 0 Å². The van der Waals surface area contributed by atoms with Crippen molar-refractivity contribution < 1.29 is 23.1 Å². The number of amides is 1. The van der Waals surface area contributed by atoms with E-state index in [1.165, 1.54) is 31.4 Å². The number of ether oxygens (including phenoxy) is 1. The summed E-state index contributed by atoms with van der Waals surface area (Å²) in [5.41, 5.74) is 1.47. The maximum Gasteiger partial charge on any atom is 0.328 e. The average Bonchev–Trinajstić information content (AvgIpc) is 3.21. The van der Waals surface area contributed by atoms with Crippen molar-refractivity contribution in [2.24, 2.45) is 0 Å². The number of methoxy groups -OCH3 is 1. The Hall–Kier alpha value is -3.20. The van der Waals surface area contributed by atoms with Crippen molar-refractivity contribution in [2.75, 3.05) is 12.9 Å². The van der Waals surface area contributed by atoms with E-state index in [4.69, 9.17) is 9.15 Å². The quantitative estimate of drug-likeness (QED) is 0.447. The van der Waals surface area contributed by atoms with Crippen LogP contribution in [0.2, 0.25) is 0 Å². The van der Waals surface area contributed by atoms with Crippen molar-refractivity contribution in [1.29, 1.82) is 0 Å². The second-order valence-electron chi connectivity index (χ2n) is 6.00. The molecule has 1 N–H and O–H groups in total. The molecule has 0 bridgehead atoms. The molecule has 0 spiro atoms. The third-order valence-corrected chi connectivity index (χ3v) is 4.75. The number of esters is 1. The molecule has 9 heteroatoms. The summed E-state index contributed by atoms with van der Waals surface area (Å²) in [7, 11) is 1.27. The highest BCUT2D eigenvalue weighted by Crippen LogP contribution is 2.23. The van der Waals surface area contributed by atoms with Crippen LogP contribution in [0.3, 0.4) is 0 Å².